The molecule has 0 aromatic carbocycles. The zero-order valence-corrected chi connectivity index (χ0v) is 23.4. The standard InChI is InChI=1S/C10H16N5O13P3.C5H10N2O3.C/c11-8-5-9(13-2-12-8)15(3-14-5)10-7(17)6(16)4(26-10)1-25-30(21,22)28-31(23,24)27-29(18,19)20;6-3(5(9)10)1-2-4(7)8;/h2-4,6-7,10,16-17H,1H2,(H,21,22)(H,23,24)(H2,11,12,13)(H2,18,19,20);3H,1-2,6H2,(H2,7,8)(H,9,10);/q;;+4/p-4/t4-,6-,7-,10-;;/m1../s1. The second kappa shape index (κ2) is 14.8. The molecule has 0 aliphatic carbocycles. The number of ether oxygens (including phenoxy) is 1. The Morgan fingerprint density at radius 1 is 1.07 bits per heavy atom. The first-order valence-electron chi connectivity index (χ1n) is 10.7. The number of carboxylic acid groups (broad SMARTS) is 1. The van der Waals surface area contributed by atoms with Gasteiger partial charge in [-0.1, -0.05) is 0 Å². The van der Waals surface area contributed by atoms with Crippen molar-refractivity contribution in [2.75, 3.05) is 12.3 Å². The number of rotatable bonds is 12. The van der Waals surface area contributed by atoms with Crippen LogP contribution in [0.3, 0.4) is 0 Å². The molecule has 23 nitrogen and oxygen atoms in total. The second-order valence-electron chi connectivity index (χ2n) is 7.88. The molecule has 0 bridgehead atoms. The summed E-state index contributed by atoms with van der Waals surface area (Å²) in [6.07, 6.45) is -3.87. The fraction of sp³-hybridized carbons (Fsp3) is 0.500. The van der Waals surface area contributed by atoms with E-state index in [0.717, 1.165) is 12.7 Å². The second-order valence-corrected chi connectivity index (χ2v) is 12.1. The van der Waals surface area contributed by atoms with Crippen molar-refractivity contribution in [2.45, 2.75) is 43.4 Å². The number of anilines is 1. The van der Waals surface area contributed by atoms with Crippen LogP contribution in [0.4, 0.5) is 5.82 Å². The number of phosphoric acid groups is 3. The van der Waals surface area contributed by atoms with E-state index in [2.05, 4.69) is 28.1 Å². The van der Waals surface area contributed by atoms with E-state index in [4.69, 9.17) is 27.0 Å². The Kier molecular flexibility index (Phi) is 13.3. The van der Waals surface area contributed by atoms with Gasteiger partial charge in [0.05, 0.1) is 20.8 Å². The van der Waals surface area contributed by atoms with Crippen LogP contribution < -0.4 is 36.8 Å². The maximum absolute atomic E-state index is 11.6. The van der Waals surface area contributed by atoms with E-state index in [-0.39, 0.29) is 37.3 Å². The van der Waals surface area contributed by atoms with Crippen molar-refractivity contribution in [2.24, 2.45) is 11.5 Å². The molecule has 26 heteroatoms. The number of carbonyl (C=O) groups excluding carboxylic acids is 1. The van der Waals surface area contributed by atoms with Crippen LogP contribution in [0.25, 0.3) is 11.2 Å². The third kappa shape index (κ3) is 11.0. The van der Waals surface area contributed by atoms with Crippen LogP contribution in [0, 0.1) is 7.43 Å². The molecule has 3 unspecified atom stereocenters. The Bertz CT molecular complexity index is 1390. The Hall–Kier alpha value is -2.46. The molecule has 1 aliphatic rings. The molecule has 0 spiro atoms. The number of aliphatic hydroxyl groups excluding tert-OH is 2. The van der Waals surface area contributed by atoms with Crippen LogP contribution in [-0.2, 0) is 41.2 Å². The number of phosphoric ester groups is 1. The van der Waals surface area contributed by atoms with Gasteiger partial charge in [-0.3, -0.25) is 27.6 Å². The van der Waals surface area contributed by atoms with Crippen molar-refractivity contribution < 1.29 is 76.1 Å². The van der Waals surface area contributed by atoms with Gasteiger partial charge < -0.3 is 65.9 Å². The van der Waals surface area contributed by atoms with E-state index in [9.17, 15) is 53.1 Å². The van der Waals surface area contributed by atoms with E-state index >= 15 is 0 Å². The zero-order valence-electron chi connectivity index (χ0n) is 20.7. The quantitative estimate of drug-likeness (QED) is 0.116. The monoisotopic (exact) mass is 661 g/mol. The average Bonchev–Trinajstić information content (AvgIpc) is 3.36. The van der Waals surface area contributed by atoms with Crippen molar-refractivity contribution in [1.82, 2.24) is 19.5 Å². The van der Waals surface area contributed by atoms with E-state index in [1.54, 1.807) is 0 Å². The minimum absolute atomic E-state index is 0. The number of imidazole rings is 1. The van der Waals surface area contributed by atoms with Gasteiger partial charge in [-0.15, -0.1) is 0 Å². The summed E-state index contributed by atoms with van der Waals surface area (Å²) in [4.78, 5) is 75.1. The molecule has 0 saturated carbocycles. The molecule has 1 fully saturated rings. The minimum atomic E-state index is -6.14. The van der Waals surface area contributed by atoms with Crippen molar-refractivity contribution >= 4 is 52.3 Å². The minimum Gasteiger partial charge on any atom is -0.790 e. The zero-order chi connectivity index (χ0) is 31.3. The Balaban J connectivity index is 0.000000689. The van der Waals surface area contributed by atoms with E-state index in [1.165, 1.54) is 4.57 Å². The summed E-state index contributed by atoms with van der Waals surface area (Å²) in [5.74, 6) is -1.62. The van der Waals surface area contributed by atoms with Crippen LogP contribution in [-0.4, -0.2) is 77.7 Å². The van der Waals surface area contributed by atoms with E-state index < -0.39 is 72.5 Å². The first-order chi connectivity index (χ1) is 18.7. The molecular weight excluding hydrogens is 639 g/mol. The molecule has 7 atom stereocenters. The maximum atomic E-state index is 11.6. The van der Waals surface area contributed by atoms with Gasteiger partial charge in [-0.2, -0.15) is 0 Å². The largest absolute Gasteiger partial charge is 4.00 e. The molecule has 1 amide bonds. The van der Waals surface area contributed by atoms with Gasteiger partial charge in [0.2, 0.25) is 5.91 Å². The van der Waals surface area contributed by atoms with Crippen LogP contribution in [0.2, 0.25) is 0 Å². The number of hydrogen-bond acceptors (Lipinski definition) is 20. The van der Waals surface area contributed by atoms with Crippen LogP contribution in [0.15, 0.2) is 12.7 Å². The summed E-state index contributed by atoms with van der Waals surface area (Å²) in [6, 6.07) is -0.979. The third-order valence-electron chi connectivity index (χ3n) is 4.81. The van der Waals surface area contributed by atoms with Crippen molar-refractivity contribution in [3.05, 3.63) is 20.1 Å². The number of carboxylic acids is 1. The molecule has 9 N–H and O–H groups in total. The van der Waals surface area contributed by atoms with Crippen LogP contribution >= 0.6 is 23.5 Å². The molecule has 232 valence electrons. The number of fused-ring (bicyclic) bond motifs is 1. The number of aliphatic hydroxyl groups is 2. The Labute approximate surface area is 235 Å². The molecule has 2 aromatic heterocycles. The summed E-state index contributed by atoms with van der Waals surface area (Å²) in [6.45, 7) is -1.08. The number of hydrogen-bond donors (Lipinski definition) is 6. The number of nitrogens with two attached hydrogens (primary N) is 3. The fourth-order valence-corrected chi connectivity index (χ4v) is 5.89. The van der Waals surface area contributed by atoms with Gasteiger partial charge >= 0.3 is 13.4 Å². The molecule has 42 heavy (non-hydrogen) atoms. The summed E-state index contributed by atoms with van der Waals surface area (Å²) in [7, 11) is -18.1. The number of amides is 1. The average molecular weight is 661 g/mol. The van der Waals surface area contributed by atoms with Crippen molar-refractivity contribution in [1.29, 1.82) is 0 Å². The summed E-state index contributed by atoms with van der Waals surface area (Å²) >= 11 is 0. The van der Waals surface area contributed by atoms with Crippen LogP contribution in [0.5, 0.6) is 0 Å². The molecule has 1 aliphatic heterocycles. The molecule has 2 aromatic rings. The maximum Gasteiger partial charge on any atom is 4.00 e. The SMILES string of the molecule is NC(=O)CCC(N)C(=O)O.Nc1ncnc2c1ncn2[C@@H]1O[C@H](COP(=O)([O-])OP(=O)([O-])OP(=O)([O-])[O-])[C@@H](O)[C@H]1O.[C+4]. The Morgan fingerprint density at radius 2 is 1.69 bits per heavy atom. The van der Waals surface area contributed by atoms with Gasteiger partial charge in [-0.05, 0) is 6.42 Å². The predicted octanol–water partition coefficient (Wildman–Crippen LogP) is -5.41. The normalized spacial score (nSPS) is 24.0. The fourth-order valence-electron chi connectivity index (χ4n) is 3.02. The van der Waals surface area contributed by atoms with Crippen LogP contribution in [0.1, 0.15) is 19.1 Å². The number of nitrogen functional groups attached to an aromatic ring is 1. The molecular formula is C16H22N7O16P3. The number of carbonyl (C=O) groups is 2. The van der Waals surface area contributed by atoms with Gasteiger partial charge in [0, 0.05) is 6.42 Å². The first kappa shape index (κ1) is 37.6. The topological polar surface area (TPSA) is 397 Å². The number of primary amides is 1. The Morgan fingerprint density at radius 3 is 2.24 bits per heavy atom. The first-order valence-corrected chi connectivity index (χ1v) is 15.0. The number of nitrogens with zero attached hydrogens (tertiary/aromatic N) is 4. The molecule has 3 rings (SSSR count). The smallest absolute Gasteiger partial charge is 0.790 e. The van der Waals surface area contributed by atoms with Gasteiger partial charge in [-0.25, -0.2) is 19.3 Å². The molecule has 3 heterocycles. The number of aliphatic carboxylic acids is 1. The van der Waals surface area contributed by atoms with Crippen molar-refractivity contribution in [3.63, 3.8) is 0 Å². The summed E-state index contributed by atoms with van der Waals surface area (Å²) < 4.78 is 50.2. The van der Waals surface area contributed by atoms with Crippen molar-refractivity contribution in [3.8, 4) is 0 Å². The predicted molar refractivity (Wildman–Crippen MR) is 124 cm³/mol. The van der Waals surface area contributed by atoms with Gasteiger partial charge in [0.25, 0.3) is 15.6 Å². The summed E-state index contributed by atoms with van der Waals surface area (Å²) in [5.41, 5.74) is 15.7. The summed E-state index contributed by atoms with van der Waals surface area (Å²) in [5, 5.41) is 28.5. The van der Waals surface area contributed by atoms with E-state index in [1.807, 2.05) is 0 Å². The number of aromatic nitrogens is 4. The third-order valence-corrected chi connectivity index (χ3v) is 8.48. The van der Waals surface area contributed by atoms with E-state index in [0.29, 0.717) is 0 Å². The molecule has 0 radical (unpaired) electrons. The molecule has 1 saturated heterocycles. The van der Waals surface area contributed by atoms with Gasteiger partial charge in [0.1, 0.15) is 36.2 Å². The van der Waals surface area contributed by atoms with Gasteiger partial charge in [0.15, 0.2) is 17.7 Å².